The molecular formula is C96H158N20O25S. The van der Waals surface area contributed by atoms with Gasteiger partial charge in [0.15, 0.2) is 0 Å². The van der Waals surface area contributed by atoms with E-state index in [1.807, 2.05) is 0 Å². The van der Waals surface area contributed by atoms with Crippen molar-refractivity contribution in [3.63, 3.8) is 0 Å². The molecule has 0 saturated carbocycles. The minimum absolute atomic E-state index is 0.00148. The van der Waals surface area contributed by atoms with Gasteiger partial charge in [0.25, 0.3) is 0 Å². The lowest BCUT2D eigenvalue weighted by Crippen LogP contribution is -2.64. The molecule has 46 heteroatoms. The third kappa shape index (κ3) is 44.2. The van der Waals surface area contributed by atoms with Crippen LogP contribution in [0.2, 0.25) is 0 Å². The first-order valence-corrected chi connectivity index (χ1v) is 49.0. The standard InChI is InChI=1S/C96H158N20O25S/c1-23-53(17)75(110-71(122)42-99-82(126)62(35-46(3)4)103-80(124)56(20)100-79(123)55(19)101-88(132)68(43-117)108-93(137)76(54(18)24-2)114-81(125)61(97)45-142)92(136)105-64(37-48(7)8)84(128)104-66(39-59-31-27-25-28-32-59)83(127)98-41-70(121)102-63(36-47(5)6)86(130)111-73(51(13)14)90(134)112-74(52(15)16)91(135)116-77(57(21)119)94(138)106-65(38-49(9)10)87(131)115-78(58(22)120)95(139)113-72(50(11)12)89(133)107-67(40-60-33-29-26-30-34-60)85(129)109-69(44-118)96(140)141/h25-34,46-58,61-69,72-78,117-120,142H,23-24,35-45,97H2,1-22H3,(H,98,127)(H,99,126)(H,100,123)(H,101,132)(H,102,121)(H,103,124)(H,104,128)(H,105,136)(H,106,138)(H,107,133)(H,108,137)(H,109,129)(H,110,122)(H,111,130)(H,112,134)(H,113,139)(H,114,125)(H,115,131)(H,116,135)(H,140,141)/t53-,54-,55-,56-,57+,58+,61-,62-,63-,64-,65-,66-,67-,68-,69-,72-,73-,74-,75-,76-,77-,78-/m0/s1. The molecule has 0 aliphatic heterocycles. The zero-order valence-electron chi connectivity index (χ0n) is 85.6. The summed E-state index contributed by atoms with van der Waals surface area (Å²) in [6, 6.07) is -9.12. The highest BCUT2D eigenvalue weighted by atomic mass is 32.1. The molecule has 0 heterocycles. The molecule has 45 nitrogen and oxygen atoms in total. The number of nitrogens with two attached hydrogens (primary N) is 1. The molecule has 2 aromatic carbocycles. The number of hydrogen-bond acceptors (Lipinski definition) is 26. The number of aliphatic hydroxyl groups is 4. The molecule has 0 bridgehead atoms. The van der Waals surface area contributed by atoms with E-state index in [1.165, 1.54) is 13.8 Å². The van der Waals surface area contributed by atoms with Crippen LogP contribution in [-0.2, 0) is 109 Å². The normalized spacial score (nSPS) is 16.1. The highest BCUT2D eigenvalue weighted by Crippen LogP contribution is 2.19. The van der Waals surface area contributed by atoms with Crippen LogP contribution < -0.4 is 107 Å². The minimum atomic E-state index is -1.83. The Balaban J connectivity index is 2.32. The molecule has 2 aromatic rings. The summed E-state index contributed by atoms with van der Waals surface area (Å²) in [6.07, 6.45) is -3.02. The summed E-state index contributed by atoms with van der Waals surface area (Å²) in [5.41, 5.74) is 6.89. The second-order valence-corrected chi connectivity index (χ2v) is 39.1. The summed E-state index contributed by atoms with van der Waals surface area (Å²) in [7, 11) is 0. The molecule has 22 atom stereocenters. The van der Waals surface area contributed by atoms with Gasteiger partial charge in [0.2, 0.25) is 112 Å². The fourth-order valence-electron chi connectivity index (χ4n) is 14.4. The number of carbonyl (C=O) groups is 20. The Labute approximate surface area is 836 Å². The van der Waals surface area contributed by atoms with Gasteiger partial charge in [0.1, 0.15) is 103 Å². The van der Waals surface area contributed by atoms with Gasteiger partial charge >= 0.3 is 5.97 Å². The van der Waals surface area contributed by atoms with Crippen molar-refractivity contribution in [2.24, 2.45) is 59.0 Å². The van der Waals surface area contributed by atoms with Crippen molar-refractivity contribution in [3.8, 4) is 0 Å². The summed E-state index contributed by atoms with van der Waals surface area (Å²) < 4.78 is 0. The summed E-state index contributed by atoms with van der Waals surface area (Å²) in [5, 5.41) is 99.3. The van der Waals surface area contributed by atoms with Crippen molar-refractivity contribution in [2.45, 2.75) is 325 Å². The van der Waals surface area contributed by atoms with Gasteiger partial charge in [-0.15, -0.1) is 0 Å². The van der Waals surface area contributed by atoms with Gasteiger partial charge in [-0.3, -0.25) is 91.1 Å². The van der Waals surface area contributed by atoms with Crippen molar-refractivity contribution in [1.82, 2.24) is 101 Å². The maximum atomic E-state index is 14.6. The Bertz CT molecular complexity index is 4510. The lowest BCUT2D eigenvalue weighted by atomic mass is 9.96. The van der Waals surface area contributed by atoms with Crippen LogP contribution >= 0.6 is 12.6 Å². The van der Waals surface area contributed by atoms with Crippen molar-refractivity contribution in [1.29, 1.82) is 0 Å². The van der Waals surface area contributed by atoms with E-state index in [0.29, 0.717) is 24.0 Å². The molecule has 0 unspecified atom stereocenters. The fraction of sp³-hybridized carbons (Fsp3) is 0.667. The first-order chi connectivity index (χ1) is 66.4. The molecule has 798 valence electrons. The van der Waals surface area contributed by atoms with E-state index in [0.717, 1.165) is 13.8 Å². The Kier molecular flexibility index (Phi) is 56.0. The number of hydrogen-bond donors (Lipinski definition) is 26. The van der Waals surface area contributed by atoms with Crippen molar-refractivity contribution in [3.05, 3.63) is 71.8 Å². The highest BCUT2D eigenvalue weighted by Gasteiger charge is 2.42. The number of carboxylic acid groups (broad SMARTS) is 1. The van der Waals surface area contributed by atoms with Crippen LogP contribution in [0.1, 0.15) is 202 Å². The summed E-state index contributed by atoms with van der Waals surface area (Å²) >= 11 is 4.02. The van der Waals surface area contributed by atoms with Crippen molar-refractivity contribution in [2.75, 3.05) is 32.1 Å². The van der Waals surface area contributed by atoms with Gasteiger partial charge in [0, 0.05) is 18.6 Å². The molecule has 0 radical (unpaired) electrons. The maximum Gasteiger partial charge on any atom is 0.328 e. The van der Waals surface area contributed by atoms with E-state index in [4.69, 9.17) is 5.73 Å². The first-order valence-electron chi connectivity index (χ1n) is 48.3. The molecule has 0 spiro atoms. The Morgan fingerprint density at radius 3 is 0.915 bits per heavy atom. The van der Waals surface area contributed by atoms with Crippen LogP contribution in [0.3, 0.4) is 0 Å². The van der Waals surface area contributed by atoms with Gasteiger partial charge < -0.3 is 132 Å². The topological polar surface area (TPSA) is 697 Å². The molecule has 0 aliphatic rings. The van der Waals surface area contributed by atoms with Gasteiger partial charge in [-0.2, -0.15) is 12.6 Å². The lowest BCUT2D eigenvalue weighted by molar-refractivity contribution is -0.143. The predicted molar refractivity (Wildman–Crippen MR) is 529 cm³/mol. The molecule has 0 saturated heterocycles. The van der Waals surface area contributed by atoms with E-state index < -0.39 is 295 Å². The third-order valence-electron chi connectivity index (χ3n) is 23.2. The Morgan fingerprint density at radius 1 is 0.289 bits per heavy atom. The summed E-state index contributed by atoms with van der Waals surface area (Å²) in [5.74, 6) is -23.1. The second kappa shape index (κ2) is 63.1. The van der Waals surface area contributed by atoms with Gasteiger partial charge in [-0.1, -0.05) is 198 Å². The first kappa shape index (κ1) is 126. The SMILES string of the molecule is CC[C@H](C)[C@H](NC(=O)CNC(=O)[C@H](CC(C)C)NC(=O)[C@H](C)NC(=O)[C@H](C)NC(=O)[C@H](CO)NC(=O)[C@@H](NC(=O)[C@@H](N)CS)[C@@H](C)CC)C(=O)N[C@@H](CC(C)C)C(=O)N[C@@H](Cc1ccccc1)C(=O)NCC(=O)N[C@@H](CC(C)C)C(=O)N[C@H](C(=O)N[C@H](C(=O)N[C@H](C(=O)N[C@@H](CC(C)C)C(=O)N[C@H](C(=O)N[C@H](C(=O)N[C@@H](Cc1ccccc1)C(=O)N[C@@H](CO)C(=O)O)C(C)C)[C@@H](C)O)[C@@H](C)O)C(C)C)C(C)C. The molecule has 26 N–H and O–H groups in total. The maximum absolute atomic E-state index is 14.6. The third-order valence-corrected chi connectivity index (χ3v) is 23.6. The minimum Gasteiger partial charge on any atom is -0.480 e. The van der Waals surface area contributed by atoms with Crippen LogP contribution in [0.4, 0.5) is 0 Å². The zero-order valence-corrected chi connectivity index (χ0v) is 86.5. The number of rotatable bonds is 63. The van der Waals surface area contributed by atoms with E-state index in [2.05, 4.69) is 114 Å². The highest BCUT2D eigenvalue weighted by molar-refractivity contribution is 7.80. The average Bonchev–Trinajstić information content (AvgIpc) is 0.838. The van der Waals surface area contributed by atoms with Gasteiger partial charge in [-0.25, -0.2) is 4.79 Å². The van der Waals surface area contributed by atoms with E-state index in [9.17, 15) is 121 Å². The molecular weight excluding hydrogens is 1870 g/mol. The number of aliphatic hydroxyl groups excluding tert-OH is 4. The number of carboxylic acids is 1. The summed E-state index contributed by atoms with van der Waals surface area (Å²) in [4.78, 5) is 277. The van der Waals surface area contributed by atoms with Gasteiger partial charge in [0.05, 0.1) is 44.6 Å². The number of thiol groups is 1. The van der Waals surface area contributed by atoms with Gasteiger partial charge in [-0.05, 0) is 118 Å². The average molecular weight is 2020 g/mol. The second-order valence-electron chi connectivity index (χ2n) is 38.8. The molecule has 19 amide bonds. The zero-order chi connectivity index (χ0) is 108. The van der Waals surface area contributed by atoms with Crippen LogP contribution in [0, 0.1) is 53.3 Å². The molecule has 142 heavy (non-hydrogen) atoms. The predicted octanol–water partition coefficient (Wildman–Crippen LogP) is -3.68. The number of aliphatic carboxylic acids is 1. The van der Waals surface area contributed by atoms with Crippen LogP contribution in [0.25, 0.3) is 0 Å². The fourth-order valence-corrected chi connectivity index (χ4v) is 14.6. The molecule has 0 aliphatic carbocycles. The lowest BCUT2D eigenvalue weighted by Gasteiger charge is -2.31. The Hall–Kier alpha value is -12.0. The van der Waals surface area contributed by atoms with Crippen LogP contribution in [-0.4, -0.2) is 297 Å². The Morgan fingerprint density at radius 2 is 0.542 bits per heavy atom. The van der Waals surface area contributed by atoms with Crippen molar-refractivity contribution >= 4 is 131 Å². The van der Waals surface area contributed by atoms with E-state index >= 15 is 0 Å². The van der Waals surface area contributed by atoms with E-state index in [1.54, 1.807) is 185 Å². The monoisotopic (exact) mass is 2020 g/mol. The largest absolute Gasteiger partial charge is 0.480 e. The number of amides is 19. The van der Waals surface area contributed by atoms with E-state index in [-0.39, 0.29) is 67.9 Å². The number of benzene rings is 2. The summed E-state index contributed by atoms with van der Waals surface area (Å²) in [6.45, 7) is 31.7. The molecule has 2 rings (SSSR count). The molecule has 0 fully saturated rings. The van der Waals surface area contributed by atoms with Crippen LogP contribution in [0.15, 0.2) is 60.7 Å². The van der Waals surface area contributed by atoms with Crippen LogP contribution in [0.5, 0.6) is 0 Å². The molecule has 0 aromatic heterocycles. The quantitative estimate of drug-likeness (QED) is 0.0284. The number of nitrogens with one attached hydrogen (secondary N) is 19. The number of carbonyl (C=O) groups excluding carboxylic acids is 19. The smallest absolute Gasteiger partial charge is 0.328 e. The van der Waals surface area contributed by atoms with Crippen molar-refractivity contribution < 1.29 is 121 Å².